The summed E-state index contributed by atoms with van der Waals surface area (Å²) >= 11 is 0. The monoisotopic (exact) mass is 208 g/mol. The van der Waals surface area contributed by atoms with Crippen LogP contribution in [-0.2, 0) is 0 Å². The van der Waals surface area contributed by atoms with E-state index in [4.69, 9.17) is 9.84 Å². The molecule has 2 N–H and O–H groups in total. The van der Waals surface area contributed by atoms with Crippen LogP contribution in [-0.4, -0.2) is 43.0 Å². The highest BCUT2D eigenvalue weighted by atomic mass is 16.5. The molecule has 1 aromatic carbocycles. The van der Waals surface area contributed by atoms with Crippen LogP contribution in [0.4, 0.5) is 5.69 Å². The molecular formula is C11H16N2O2. The van der Waals surface area contributed by atoms with Crippen LogP contribution in [0.1, 0.15) is 0 Å². The molecule has 15 heavy (non-hydrogen) atoms. The highest BCUT2D eigenvalue weighted by molar-refractivity contribution is 5.46. The standard InChI is InChI=1S/C11H16N2O2/c1-15-11-4-2-9(3-5-11)12-8-13-6-10(14)7-13/h2-5,10,12,14H,6-8H2,1H3. The molecule has 82 valence electrons. The summed E-state index contributed by atoms with van der Waals surface area (Å²) < 4.78 is 5.07. The van der Waals surface area contributed by atoms with E-state index >= 15 is 0 Å². The molecule has 1 aliphatic rings. The van der Waals surface area contributed by atoms with Crippen molar-refractivity contribution < 1.29 is 9.84 Å². The van der Waals surface area contributed by atoms with Gasteiger partial charge in [-0.25, -0.2) is 0 Å². The fourth-order valence-electron chi connectivity index (χ4n) is 1.58. The van der Waals surface area contributed by atoms with Gasteiger partial charge >= 0.3 is 0 Å². The van der Waals surface area contributed by atoms with E-state index in [9.17, 15) is 0 Å². The highest BCUT2D eigenvalue weighted by Gasteiger charge is 2.23. The number of nitrogens with one attached hydrogen (secondary N) is 1. The molecule has 1 aromatic rings. The highest BCUT2D eigenvalue weighted by Crippen LogP contribution is 2.15. The van der Waals surface area contributed by atoms with Gasteiger partial charge in [-0.1, -0.05) is 0 Å². The average Bonchev–Trinajstić information content (AvgIpc) is 2.23. The van der Waals surface area contributed by atoms with Crippen molar-refractivity contribution in [3.8, 4) is 5.75 Å². The zero-order valence-corrected chi connectivity index (χ0v) is 8.81. The van der Waals surface area contributed by atoms with Gasteiger partial charge in [-0.05, 0) is 24.3 Å². The van der Waals surface area contributed by atoms with Crippen molar-refractivity contribution in [3.63, 3.8) is 0 Å². The molecule has 4 nitrogen and oxygen atoms in total. The topological polar surface area (TPSA) is 44.7 Å². The van der Waals surface area contributed by atoms with Gasteiger partial charge in [0.1, 0.15) is 5.75 Å². The van der Waals surface area contributed by atoms with Gasteiger partial charge in [0.15, 0.2) is 0 Å². The number of aliphatic hydroxyl groups excluding tert-OH is 1. The first kappa shape index (κ1) is 10.3. The number of likely N-dealkylation sites (tertiary alicyclic amines) is 1. The summed E-state index contributed by atoms with van der Waals surface area (Å²) in [6.07, 6.45) is -0.136. The zero-order chi connectivity index (χ0) is 10.7. The molecule has 0 radical (unpaired) electrons. The normalized spacial score (nSPS) is 17.2. The smallest absolute Gasteiger partial charge is 0.119 e. The number of nitrogens with zero attached hydrogens (tertiary/aromatic N) is 1. The second-order valence-electron chi connectivity index (χ2n) is 3.75. The second-order valence-corrected chi connectivity index (χ2v) is 3.75. The number of rotatable bonds is 4. The summed E-state index contributed by atoms with van der Waals surface area (Å²) in [5.41, 5.74) is 1.07. The summed E-state index contributed by atoms with van der Waals surface area (Å²) in [5.74, 6) is 0.861. The third-order valence-electron chi connectivity index (χ3n) is 2.53. The molecule has 0 spiro atoms. The summed E-state index contributed by atoms with van der Waals surface area (Å²) in [5, 5.41) is 12.4. The average molecular weight is 208 g/mol. The van der Waals surface area contributed by atoms with Crippen LogP contribution in [0.5, 0.6) is 5.75 Å². The van der Waals surface area contributed by atoms with Crippen LogP contribution in [0.2, 0.25) is 0 Å². The fourth-order valence-corrected chi connectivity index (χ4v) is 1.58. The van der Waals surface area contributed by atoms with E-state index in [1.165, 1.54) is 0 Å². The molecule has 0 aliphatic carbocycles. The van der Waals surface area contributed by atoms with E-state index in [-0.39, 0.29) is 6.10 Å². The molecule has 4 heteroatoms. The van der Waals surface area contributed by atoms with Gasteiger partial charge in [0.05, 0.1) is 19.9 Å². The third-order valence-corrected chi connectivity index (χ3v) is 2.53. The quantitative estimate of drug-likeness (QED) is 0.766. The van der Waals surface area contributed by atoms with Crippen molar-refractivity contribution in [2.45, 2.75) is 6.10 Å². The first-order valence-corrected chi connectivity index (χ1v) is 5.06. The molecule has 1 fully saturated rings. The summed E-state index contributed by atoms with van der Waals surface area (Å²) in [7, 11) is 1.66. The van der Waals surface area contributed by atoms with Gasteiger partial charge < -0.3 is 15.2 Å². The molecule has 1 saturated heterocycles. The fraction of sp³-hybridized carbons (Fsp3) is 0.455. The van der Waals surface area contributed by atoms with Crippen LogP contribution < -0.4 is 10.1 Å². The van der Waals surface area contributed by atoms with Gasteiger partial charge in [0.25, 0.3) is 0 Å². The Morgan fingerprint density at radius 2 is 2.07 bits per heavy atom. The van der Waals surface area contributed by atoms with E-state index < -0.39 is 0 Å². The first-order chi connectivity index (χ1) is 7.28. The lowest BCUT2D eigenvalue weighted by molar-refractivity contribution is 0.00712. The maximum absolute atomic E-state index is 9.10. The number of anilines is 1. The van der Waals surface area contributed by atoms with E-state index in [0.717, 1.165) is 31.2 Å². The Hall–Kier alpha value is -1.26. The van der Waals surface area contributed by atoms with Crippen molar-refractivity contribution in [1.82, 2.24) is 4.90 Å². The Kier molecular flexibility index (Phi) is 3.08. The number of β-amino-alcohol motifs (C(OH)–C–C–N with tert-alkyl or cyclic N) is 1. The number of hydrogen-bond donors (Lipinski definition) is 2. The SMILES string of the molecule is COc1ccc(NCN2CC(O)C2)cc1. The Balaban J connectivity index is 1.78. The lowest BCUT2D eigenvalue weighted by atomic mass is 10.2. The number of aliphatic hydroxyl groups is 1. The molecule has 0 bridgehead atoms. The number of ether oxygens (including phenoxy) is 1. The Morgan fingerprint density at radius 3 is 2.60 bits per heavy atom. The summed E-state index contributed by atoms with van der Waals surface area (Å²) in [4.78, 5) is 2.15. The van der Waals surface area contributed by atoms with Crippen molar-refractivity contribution in [1.29, 1.82) is 0 Å². The van der Waals surface area contributed by atoms with E-state index in [0.29, 0.717) is 0 Å². The predicted molar refractivity (Wildman–Crippen MR) is 59.1 cm³/mol. The minimum Gasteiger partial charge on any atom is -0.497 e. The Bertz CT molecular complexity index is 307. The van der Waals surface area contributed by atoms with E-state index in [1.807, 2.05) is 24.3 Å². The van der Waals surface area contributed by atoms with Gasteiger partial charge in [-0.15, -0.1) is 0 Å². The maximum atomic E-state index is 9.10. The van der Waals surface area contributed by atoms with Crippen molar-refractivity contribution in [3.05, 3.63) is 24.3 Å². The molecule has 0 aromatic heterocycles. The predicted octanol–water partition coefficient (Wildman–Crippen LogP) is 0.741. The van der Waals surface area contributed by atoms with Crippen molar-refractivity contribution in [2.75, 3.05) is 32.2 Å². The molecule has 0 atom stereocenters. The van der Waals surface area contributed by atoms with Crippen LogP contribution in [0.3, 0.4) is 0 Å². The number of benzene rings is 1. The summed E-state index contributed by atoms with van der Waals surface area (Å²) in [6, 6.07) is 7.81. The van der Waals surface area contributed by atoms with Gasteiger partial charge in [0.2, 0.25) is 0 Å². The van der Waals surface area contributed by atoms with E-state index in [1.54, 1.807) is 7.11 Å². The Labute approximate surface area is 89.5 Å². The van der Waals surface area contributed by atoms with Crippen molar-refractivity contribution >= 4 is 5.69 Å². The molecule has 0 unspecified atom stereocenters. The van der Waals surface area contributed by atoms with Crippen LogP contribution in [0.25, 0.3) is 0 Å². The lowest BCUT2D eigenvalue weighted by Crippen LogP contribution is -2.52. The van der Waals surface area contributed by atoms with Gasteiger partial charge in [0, 0.05) is 18.8 Å². The number of hydrogen-bond acceptors (Lipinski definition) is 4. The molecule has 2 rings (SSSR count). The van der Waals surface area contributed by atoms with Crippen LogP contribution in [0, 0.1) is 0 Å². The van der Waals surface area contributed by atoms with E-state index in [2.05, 4.69) is 10.2 Å². The van der Waals surface area contributed by atoms with Crippen molar-refractivity contribution in [2.24, 2.45) is 0 Å². The maximum Gasteiger partial charge on any atom is 0.119 e. The molecule has 1 aliphatic heterocycles. The van der Waals surface area contributed by atoms with Gasteiger partial charge in [-0.3, -0.25) is 4.90 Å². The minimum atomic E-state index is -0.136. The minimum absolute atomic E-state index is 0.136. The third kappa shape index (κ3) is 2.61. The zero-order valence-electron chi connectivity index (χ0n) is 8.81. The molecule has 1 heterocycles. The molecular weight excluding hydrogens is 192 g/mol. The van der Waals surface area contributed by atoms with Crippen LogP contribution >= 0.6 is 0 Å². The first-order valence-electron chi connectivity index (χ1n) is 5.06. The molecule has 0 amide bonds. The van der Waals surface area contributed by atoms with Gasteiger partial charge in [-0.2, -0.15) is 0 Å². The molecule has 0 saturated carbocycles. The number of methoxy groups -OCH3 is 1. The Morgan fingerprint density at radius 1 is 1.40 bits per heavy atom. The summed E-state index contributed by atoms with van der Waals surface area (Å²) in [6.45, 7) is 2.32. The lowest BCUT2D eigenvalue weighted by Gasteiger charge is -2.35. The van der Waals surface area contributed by atoms with Crippen LogP contribution in [0.15, 0.2) is 24.3 Å². The largest absolute Gasteiger partial charge is 0.497 e. The second kappa shape index (κ2) is 4.51.